The van der Waals surface area contributed by atoms with Gasteiger partial charge in [0.15, 0.2) is 11.5 Å². The molecule has 0 saturated carbocycles. The van der Waals surface area contributed by atoms with Crippen LogP contribution in [0.25, 0.3) is 0 Å². The summed E-state index contributed by atoms with van der Waals surface area (Å²) in [6.07, 6.45) is 1.41. The normalized spacial score (nSPS) is 12.2. The zero-order valence-electron chi connectivity index (χ0n) is 10.5. The fourth-order valence-corrected chi connectivity index (χ4v) is 1.48. The van der Waals surface area contributed by atoms with Gasteiger partial charge in [-0.3, -0.25) is 0 Å². The summed E-state index contributed by atoms with van der Waals surface area (Å²) in [5, 5.41) is 9.67. The number of unbranched alkanes of at least 4 members (excludes halogenated alkanes) is 1. The van der Waals surface area contributed by atoms with Gasteiger partial charge in [0, 0.05) is 6.54 Å². The van der Waals surface area contributed by atoms with Crippen LogP contribution in [0.3, 0.4) is 0 Å². The van der Waals surface area contributed by atoms with Crippen molar-refractivity contribution in [3.63, 3.8) is 0 Å². The first-order chi connectivity index (χ1) is 8.22. The van der Waals surface area contributed by atoms with Crippen molar-refractivity contribution in [3.8, 4) is 11.5 Å². The third-order valence-corrected chi connectivity index (χ3v) is 2.55. The summed E-state index contributed by atoms with van der Waals surface area (Å²) in [5.74, 6) is 1.33. The number of methoxy groups -OCH3 is 1. The molecule has 1 aromatic rings. The van der Waals surface area contributed by atoms with Gasteiger partial charge in [-0.2, -0.15) is 0 Å². The summed E-state index contributed by atoms with van der Waals surface area (Å²) in [5.41, 5.74) is 6.17. The van der Waals surface area contributed by atoms with Crippen LogP contribution in [-0.4, -0.2) is 25.4 Å². The number of aliphatic hydroxyl groups is 1. The maximum atomic E-state index is 9.67. The van der Waals surface area contributed by atoms with Gasteiger partial charge in [-0.1, -0.05) is 19.4 Å². The van der Waals surface area contributed by atoms with Crippen molar-refractivity contribution in [3.05, 3.63) is 23.8 Å². The molecule has 4 heteroatoms. The van der Waals surface area contributed by atoms with Crippen LogP contribution in [0.4, 0.5) is 0 Å². The van der Waals surface area contributed by atoms with Crippen molar-refractivity contribution in [2.75, 3.05) is 20.3 Å². The van der Waals surface area contributed by atoms with E-state index in [2.05, 4.69) is 6.92 Å². The topological polar surface area (TPSA) is 64.7 Å². The molecule has 0 bridgehead atoms. The van der Waals surface area contributed by atoms with Gasteiger partial charge < -0.3 is 20.3 Å². The number of ether oxygens (including phenoxy) is 2. The van der Waals surface area contributed by atoms with E-state index in [4.69, 9.17) is 15.2 Å². The molecule has 0 aliphatic rings. The number of aliphatic hydroxyl groups excluding tert-OH is 1. The minimum absolute atomic E-state index is 0.195. The second kappa shape index (κ2) is 7.14. The van der Waals surface area contributed by atoms with E-state index in [9.17, 15) is 5.11 Å². The second-order valence-electron chi connectivity index (χ2n) is 3.86. The molecule has 3 N–H and O–H groups in total. The van der Waals surface area contributed by atoms with Crippen molar-refractivity contribution >= 4 is 0 Å². The molecule has 0 amide bonds. The van der Waals surface area contributed by atoms with Gasteiger partial charge in [-0.15, -0.1) is 0 Å². The van der Waals surface area contributed by atoms with Crippen LogP contribution in [0.2, 0.25) is 0 Å². The van der Waals surface area contributed by atoms with Gasteiger partial charge in [0.2, 0.25) is 0 Å². The first-order valence-corrected chi connectivity index (χ1v) is 5.91. The SMILES string of the molecule is CCCCOc1cc(C(O)CN)ccc1OC. The average molecular weight is 239 g/mol. The Hall–Kier alpha value is -1.26. The molecule has 17 heavy (non-hydrogen) atoms. The smallest absolute Gasteiger partial charge is 0.161 e. The highest BCUT2D eigenvalue weighted by molar-refractivity contribution is 5.43. The van der Waals surface area contributed by atoms with Gasteiger partial charge in [-0.25, -0.2) is 0 Å². The largest absolute Gasteiger partial charge is 0.493 e. The summed E-state index contributed by atoms with van der Waals surface area (Å²) in [6, 6.07) is 5.37. The first kappa shape index (κ1) is 13.8. The van der Waals surface area contributed by atoms with Gasteiger partial charge in [0.25, 0.3) is 0 Å². The lowest BCUT2D eigenvalue weighted by Gasteiger charge is -2.14. The molecule has 96 valence electrons. The molecule has 0 heterocycles. The molecule has 0 aromatic heterocycles. The van der Waals surface area contributed by atoms with Crippen molar-refractivity contribution < 1.29 is 14.6 Å². The maximum Gasteiger partial charge on any atom is 0.161 e. The van der Waals surface area contributed by atoms with Crippen molar-refractivity contribution in [2.45, 2.75) is 25.9 Å². The van der Waals surface area contributed by atoms with Crippen LogP contribution in [0.5, 0.6) is 11.5 Å². The average Bonchev–Trinajstić information content (AvgIpc) is 2.38. The van der Waals surface area contributed by atoms with E-state index in [1.807, 2.05) is 0 Å². The lowest BCUT2D eigenvalue weighted by molar-refractivity contribution is 0.185. The van der Waals surface area contributed by atoms with Gasteiger partial charge >= 0.3 is 0 Å². The van der Waals surface area contributed by atoms with E-state index in [-0.39, 0.29) is 6.54 Å². The fourth-order valence-electron chi connectivity index (χ4n) is 1.48. The Bertz CT molecular complexity index is 341. The second-order valence-corrected chi connectivity index (χ2v) is 3.86. The Morgan fingerprint density at radius 3 is 2.71 bits per heavy atom. The highest BCUT2D eigenvalue weighted by Gasteiger charge is 2.10. The predicted molar refractivity (Wildman–Crippen MR) is 67.4 cm³/mol. The maximum absolute atomic E-state index is 9.67. The summed E-state index contributed by atoms with van der Waals surface area (Å²) < 4.78 is 10.8. The Labute approximate surface area is 102 Å². The fraction of sp³-hybridized carbons (Fsp3) is 0.538. The highest BCUT2D eigenvalue weighted by atomic mass is 16.5. The van der Waals surface area contributed by atoms with Gasteiger partial charge in [0.1, 0.15) is 0 Å². The molecule has 1 atom stereocenters. The Balaban J connectivity index is 2.82. The lowest BCUT2D eigenvalue weighted by atomic mass is 10.1. The van der Waals surface area contributed by atoms with Crippen molar-refractivity contribution in [1.82, 2.24) is 0 Å². The van der Waals surface area contributed by atoms with Crippen LogP contribution in [0.1, 0.15) is 31.4 Å². The number of nitrogens with two attached hydrogens (primary N) is 1. The zero-order valence-corrected chi connectivity index (χ0v) is 10.5. The standard InChI is InChI=1S/C13H21NO3/c1-3-4-7-17-13-8-10(11(15)9-14)5-6-12(13)16-2/h5-6,8,11,15H,3-4,7,9,14H2,1-2H3. The van der Waals surface area contributed by atoms with E-state index >= 15 is 0 Å². The third kappa shape index (κ3) is 3.91. The molecule has 4 nitrogen and oxygen atoms in total. The summed E-state index contributed by atoms with van der Waals surface area (Å²) in [6.45, 7) is 2.95. The van der Waals surface area contributed by atoms with Crippen molar-refractivity contribution in [1.29, 1.82) is 0 Å². The highest BCUT2D eigenvalue weighted by Crippen LogP contribution is 2.30. The quantitative estimate of drug-likeness (QED) is 0.713. The Morgan fingerprint density at radius 2 is 2.12 bits per heavy atom. The summed E-state index contributed by atoms with van der Waals surface area (Å²) in [4.78, 5) is 0. The molecule has 1 rings (SSSR count). The molecule has 0 spiro atoms. The summed E-state index contributed by atoms with van der Waals surface area (Å²) >= 11 is 0. The van der Waals surface area contributed by atoms with Gasteiger partial charge in [0.05, 0.1) is 19.8 Å². The van der Waals surface area contributed by atoms with Crippen LogP contribution < -0.4 is 15.2 Å². The summed E-state index contributed by atoms with van der Waals surface area (Å²) in [7, 11) is 1.60. The number of hydrogen-bond acceptors (Lipinski definition) is 4. The third-order valence-electron chi connectivity index (χ3n) is 2.55. The molecule has 0 radical (unpaired) electrons. The molecule has 0 aliphatic carbocycles. The van der Waals surface area contributed by atoms with Crippen molar-refractivity contribution in [2.24, 2.45) is 5.73 Å². The first-order valence-electron chi connectivity index (χ1n) is 5.91. The molecule has 1 aromatic carbocycles. The van der Waals surface area contributed by atoms with Crippen LogP contribution in [0, 0.1) is 0 Å². The van der Waals surface area contributed by atoms with Crippen LogP contribution in [0.15, 0.2) is 18.2 Å². The number of benzene rings is 1. The van der Waals surface area contributed by atoms with Crippen LogP contribution in [-0.2, 0) is 0 Å². The van der Waals surface area contributed by atoms with E-state index in [1.54, 1.807) is 25.3 Å². The minimum Gasteiger partial charge on any atom is -0.493 e. The molecule has 0 aliphatic heterocycles. The minimum atomic E-state index is -0.658. The molecule has 1 unspecified atom stereocenters. The molecule has 0 saturated heterocycles. The predicted octanol–water partition coefficient (Wildman–Crippen LogP) is 1.87. The zero-order chi connectivity index (χ0) is 12.7. The van der Waals surface area contributed by atoms with E-state index in [0.29, 0.717) is 18.1 Å². The number of rotatable bonds is 7. The monoisotopic (exact) mass is 239 g/mol. The van der Waals surface area contributed by atoms with E-state index < -0.39 is 6.10 Å². The molecular weight excluding hydrogens is 218 g/mol. The lowest BCUT2D eigenvalue weighted by Crippen LogP contribution is -2.11. The van der Waals surface area contributed by atoms with E-state index in [0.717, 1.165) is 18.4 Å². The Kier molecular flexibility index (Phi) is 5.80. The molecule has 0 fully saturated rings. The number of hydrogen-bond donors (Lipinski definition) is 2. The van der Waals surface area contributed by atoms with Gasteiger partial charge in [-0.05, 0) is 24.1 Å². The molecular formula is C13H21NO3. The van der Waals surface area contributed by atoms with E-state index in [1.165, 1.54) is 0 Å². The Morgan fingerprint density at radius 1 is 1.35 bits per heavy atom. The van der Waals surface area contributed by atoms with Crippen LogP contribution >= 0.6 is 0 Å².